The first-order chi connectivity index (χ1) is 10.0. The second kappa shape index (κ2) is 6.78. The van der Waals surface area contributed by atoms with Crippen LogP contribution in [0.3, 0.4) is 0 Å². The summed E-state index contributed by atoms with van der Waals surface area (Å²) in [5.74, 6) is 0.0158. The fraction of sp³-hybridized carbons (Fsp3) is 0.533. The van der Waals surface area contributed by atoms with Crippen molar-refractivity contribution in [3.05, 3.63) is 39.9 Å². The van der Waals surface area contributed by atoms with Crippen LogP contribution in [0.5, 0.6) is 0 Å². The molecule has 0 amide bonds. The molecule has 21 heavy (non-hydrogen) atoms. The summed E-state index contributed by atoms with van der Waals surface area (Å²) in [5, 5.41) is 10.6. The van der Waals surface area contributed by atoms with Crippen molar-refractivity contribution in [2.75, 3.05) is 32.7 Å². The van der Waals surface area contributed by atoms with E-state index in [0.29, 0.717) is 18.2 Å². The second-order valence-electron chi connectivity index (χ2n) is 5.44. The molecule has 1 unspecified atom stereocenters. The summed E-state index contributed by atoms with van der Waals surface area (Å²) in [7, 11) is 0. The van der Waals surface area contributed by atoms with Gasteiger partial charge in [0.15, 0.2) is 5.78 Å². The average Bonchev–Trinajstić information content (AvgIpc) is 2.47. The minimum absolute atomic E-state index is 0.0109. The van der Waals surface area contributed by atoms with E-state index in [4.69, 9.17) is 0 Å². The molecule has 0 aliphatic carbocycles. The Bertz CT molecular complexity index is 515. The quantitative estimate of drug-likeness (QED) is 0.470. The predicted molar refractivity (Wildman–Crippen MR) is 80.6 cm³/mol. The van der Waals surface area contributed by atoms with Gasteiger partial charge in [-0.15, -0.1) is 0 Å². The van der Waals surface area contributed by atoms with Crippen LogP contribution in [0.25, 0.3) is 0 Å². The Morgan fingerprint density at radius 3 is 2.52 bits per heavy atom. The molecular formula is C15H21N3O3. The van der Waals surface area contributed by atoms with Gasteiger partial charge in [0.1, 0.15) is 0 Å². The van der Waals surface area contributed by atoms with Gasteiger partial charge in [-0.1, -0.05) is 6.92 Å². The summed E-state index contributed by atoms with van der Waals surface area (Å²) in [6, 6.07) is 6.28. The fourth-order valence-corrected chi connectivity index (χ4v) is 2.75. The van der Waals surface area contributed by atoms with E-state index in [9.17, 15) is 14.9 Å². The number of benzene rings is 1. The Hall–Kier alpha value is -1.79. The number of nitrogens with zero attached hydrogens (tertiary/aromatic N) is 3. The van der Waals surface area contributed by atoms with E-state index < -0.39 is 4.92 Å². The standard InChI is InChI=1S/C15H21N3O3/c1-3-17-9-8-16(10-12(17)2)11-15(19)13-4-6-14(7-5-13)18(20)21/h4-7,12H,3,8-11H2,1-2H3. The van der Waals surface area contributed by atoms with E-state index in [2.05, 4.69) is 23.6 Å². The third-order valence-corrected chi connectivity index (χ3v) is 4.02. The molecule has 0 radical (unpaired) electrons. The van der Waals surface area contributed by atoms with Crippen molar-refractivity contribution < 1.29 is 9.72 Å². The molecule has 2 rings (SSSR count). The van der Waals surface area contributed by atoms with Crippen LogP contribution in [0.1, 0.15) is 24.2 Å². The molecule has 1 saturated heterocycles. The maximum atomic E-state index is 12.2. The SMILES string of the molecule is CCN1CCN(CC(=O)c2ccc([N+](=O)[O-])cc2)CC1C. The van der Waals surface area contributed by atoms with E-state index in [-0.39, 0.29) is 11.5 Å². The zero-order chi connectivity index (χ0) is 15.4. The maximum absolute atomic E-state index is 12.2. The normalized spacial score (nSPS) is 20.4. The Morgan fingerprint density at radius 1 is 1.33 bits per heavy atom. The summed E-state index contributed by atoms with van der Waals surface area (Å²) >= 11 is 0. The van der Waals surface area contributed by atoms with E-state index in [1.165, 1.54) is 24.3 Å². The van der Waals surface area contributed by atoms with E-state index in [0.717, 1.165) is 26.2 Å². The van der Waals surface area contributed by atoms with Crippen molar-refractivity contribution in [1.29, 1.82) is 0 Å². The number of non-ortho nitro benzene ring substituents is 1. The molecule has 1 aromatic rings. The van der Waals surface area contributed by atoms with Crippen LogP contribution in [-0.4, -0.2) is 59.3 Å². The Kier molecular flexibility index (Phi) is 5.03. The fourth-order valence-electron chi connectivity index (χ4n) is 2.75. The number of likely N-dealkylation sites (N-methyl/N-ethyl adjacent to an activating group) is 1. The highest BCUT2D eigenvalue weighted by atomic mass is 16.6. The molecule has 1 aliphatic heterocycles. The monoisotopic (exact) mass is 291 g/mol. The second-order valence-corrected chi connectivity index (χ2v) is 5.44. The number of hydrogen-bond acceptors (Lipinski definition) is 5. The van der Waals surface area contributed by atoms with Crippen molar-refractivity contribution in [3.8, 4) is 0 Å². The van der Waals surface area contributed by atoms with Crippen LogP contribution in [0.4, 0.5) is 5.69 Å². The predicted octanol–water partition coefficient (Wildman–Crippen LogP) is 1.80. The molecule has 114 valence electrons. The first-order valence-electron chi connectivity index (χ1n) is 7.25. The number of piperazine rings is 1. The van der Waals surface area contributed by atoms with Crippen molar-refractivity contribution >= 4 is 11.5 Å². The zero-order valence-electron chi connectivity index (χ0n) is 12.5. The number of rotatable bonds is 5. The van der Waals surface area contributed by atoms with E-state index >= 15 is 0 Å². The maximum Gasteiger partial charge on any atom is 0.269 e. The van der Waals surface area contributed by atoms with Gasteiger partial charge in [-0.3, -0.25) is 24.7 Å². The van der Waals surface area contributed by atoms with Crippen LogP contribution in [0.15, 0.2) is 24.3 Å². The molecule has 1 aromatic carbocycles. The largest absolute Gasteiger partial charge is 0.298 e. The van der Waals surface area contributed by atoms with Crippen LogP contribution >= 0.6 is 0 Å². The number of Topliss-reactive ketones (excluding diaryl/α,β-unsaturated/α-hetero) is 1. The number of nitro benzene ring substituents is 1. The molecule has 0 spiro atoms. The number of carbonyl (C=O) groups excluding carboxylic acids is 1. The molecule has 1 heterocycles. The van der Waals surface area contributed by atoms with Gasteiger partial charge < -0.3 is 0 Å². The van der Waals surface area contributed by atoms with E-state index in [1.807, 2.05) is 0 Å². The van der Waals surface area contributed by atoms with Crippen molar-refractivity contribution in [2.24, 2.45) is 0 Å². The van der Waals surface area contributed by atoms with Gasteiger partial charge in [-0.25, -0.2) is 0 Å². The van der Waals surface area contributed by atoms with Crippen LogP contribution in [0.2, 0.25) is 0 Å². The lowest BCUT2D eigenvalue weighted by molar-refractivity contribution is -0.384. The number of nitro groups is 1. The molecule has 1 aliphatic rings. The lowest BCUT2D eigenvalue weighted by atomic mass is 10.1. The van der Waals surface area contributed by atoms with Gasteiger partial charge in [0.05, 0.1) is 11.5 Å². The summed E-state index contributed by atoms with van der Waals surface area (Å²) < 4.78 is 0. The van der Waals surface area contributed by atoms with Crippen molar-refractivity contribution in [1.82, 2.24) is 9.80 Å². The summed E-state index contributed by atoms with van der Waals surface area (Å²) in [5.41, 5.74) is 0.544. The van der Waals surface area contributed by atoms with Crippen molar-refractivity contribution in [2.45, 2.75) is 19.9 Å². The zero-order valence-corrected chi connectivity index (χ0v) is 12.5. The molecule has 0 N–H and O–H groups in total. The molecule has 1 atom stereocenters. The van der Waals surface area contributed by atoms with Gasteiger partial charge >= 0.3 is 0 Å². The van der Waals surface area contributed by atoms with Crippen LogP contribution in [-0.2, 0) is 0 Å². The summed E-state index contributed by atoms with van der Waals surface area (Å²) in [6.45, 7) is 8.47. The minimum Gasteiger partial charge on any atom is -0.298 e. The lowest BCUT2D eigenvalue weighted by Gasteiger charge is -2.39. The lowest BCUT2D eigenvalue weighted by Crippen LogP contribution is -2.52. The molecule has 0 saturated carbocycles. The highest BCUT2D eigenvalue weighted by Crippen LogP contribution is 2.14. The first-order valence-corrected chi connectivity index (χ1v) is 7.25. The average molecular weight is 291 g/mol. The van der Waals surface area contributed by atoms with Crippen LogP contribution in [0, 0.1) is 10.1 Å². The van der Waals surface area contributed by atoms with E-state index in [1.54, 1.807) is 0 Å². The van der Waals surface area contributed by atoms with Gasteiger partial charge in [-0.2, -0.15) is 0 Å². The number of hydrogen-bond donors (Lipinski definition) is 0. The van der Waals surface area contributed by atoms with Crippen LogP contribution < -0.4 is 0 Å². The smallest absolute Gasteiger partial charge is 0.269 e. The van der Waals surface area contributed by atoms with Gasteiger partial charge in [0.25, 0.3) is 5.69 Å². The van der Waals surface area contributed by atoms with Gasteiger partial charge in [0.2, 0.25) is 0 Å². The Morgan fingerprint density at radius 2 is 2.00 bits per heavy atom. The molecule has 6 heteroatoms. The Balaban J connectivity index is 1.94. The van der Waals surface area contributed by atoms with Gasteiger partial charge in [0, 0.05) is 43.4 Å². The first kappa shape index (κ1) is 15.6. The molecule has 0 aromatic heterocycles. The molecule has 1 fully saturated rings. The topological polar surface area (TPSA) is 66.7 Å². The third-order valence-electron chi connectivity index (χ3n) is 4.02. The number of carbonyl (C=O) groups is 1. The molecule has 0 bridgehead atoms. The highest BCUT2D eigenvalue weighted by Gasteiger charge is 2.24. The minimum atomic E-state index is -0.458. The molecular weight excluding hydrogens is 270 g/mol. The summed E-state index contributed by atoms with van der Waals surface area (Å²) in [6.07, 6.45) is 0. The summed E-state index contributed by atoms with van der Waals surface area (Å²) in [4.78, 5) is 26.9. The Labute approximate surface area is 124 Å². The molecule has 6 nitrogen and oxygen atoms in total. The third kappa shape index (κ3) is 3.86. The highest BCUT2D eigenvalue weighted by molar-refractivity contribution is 5.97. The number of ketones is 1. The van der Waals surface area contributed by atoms with Gasteiger partial charge in [-0.05, 0) is 25.6 Å². The van der Waals surface area contributed by atoms with Crippen molar-refractivity contribution in [3.63, 3.8) is 0 Å².